The van der Waals surface area contributed by atoms with Gasteiger partial charge in [0.15, 0.2) is 5.76 Å². The molecule has 0 aliphatic carbocycles. The van der Waals surface area contributed by atoms with Crippen LogP contribution in [0.15, 0.2) is 45.7 Å². The molecule has 6 nitrogen and oxygen atoms in total. The normalized spacial score (nSPS) is 10.6. The first-order valence-electron chi connectivity index (χ1n) is 6.84. The first kappa shape index (κ1) is 14.1. The van der Waals surface area contributed by atoms with Crippen LogP contribution in [-0.2, 0) is 6.54 Å². The molecular weight excluding hydrogens is 282 g/mol. The van der Waals surface area contributed by atoms with Gasteiger partial charge >= 0.3 is 0 Å². The molecule has 6 heteroatoms. The largest absolute Gasteiger partial charge is 0.466 e. The van der Waals surface area contributed by atoms with E-state index in [4.69, 9.17) is 8.83 Å². The van der Waals surface area contributed by atoms with Gasteiger partial charge in [-0.2, -0.15) is 0 Å². The monoisotopic (exact) mass is 297 g/mol. The van der Waals surface area contributed by atoms with Gasteiger partial charge in [0.2, 0.25) is 0 Å². The molecule has 0 bridgehead atoms. The Morgan fingerprint density at radius 3 is 2.77 bits per heavy atom. The number of aryl methyl sites for hydroxylation is 2. The summed E-state index contributed by atoms with van der Waals surface area (Å²) in [5.41, 5.74) is 1.79. The van der Waals surface area contributed by atoms with Crippen LogP contribution in [0.25, 0.3) is 11.5 Å². The van der Waals surface area contributed by atoms with Gasteiger partial charge in [-0.15, -0.1) is 0 Å². The minimum atomic E-state index is -0.203. The van der Waals surface area contributed by atoms with Crippen LogP contribution in [0, 0.1) is 13.8 Å². The van der Waals surface area contributed by atoms with Gasteiger partial charge in [0.1, 0.15) is 17.2 Å². The van der Waals surface area contributed by atoms with E-state index in [0.29, 0.717) is 34.2 Å². The topological polar surface area (TPSA) is 81.2 Å². The lowest BCUT2D eigenvalue weighted by Crippen LogP contribution is -2.24. The molecule has 0 unspecified atom stereocenters. The molecule has 0 aliphatic rings. The molecule has 0 saturated heterocycles. The molecule has 1 N–H and O–H groups in total. The number of rotatable bonds is 4. The summed E-state index contributed by atoms with van der Waals surface area (Å²) in [5, 5.41) is 2.83. The summed E-state index contributed by atoms with van der Waals surface area (Å²) < 4.78 is 10.7. The molecule has 0 spiro atoms. The summed E-state index contributed by atoms with van der Waals surface area (Å²) in [4.78, 5) is 20.7. The maximum absolute atomic E-state index is 12.2. The molecule has 22 heavy (non-hydrogen) atoms. The number of carbonyl (C=O) groups excluding carboxylic acids is 1. The van der Waals surface area contributed by atoms with Crippen LogP contribution in [0.3, 0.4) is 0 Å². The predicted octanol–water partition coefficient (Wildman–Crippen LogP) is 2.88. The van der Waals surface area contributed by atoms with Crippen LogP contribution in [0.5, 0.6) is 0 Å². The highest BCUT2D eigenvalue weighted by molar-refractivity contribution is 5.95. The summed E-state index contributed by atoms with van der Waals surface area (Å²) in [6, 6.07) is 5.30. The smallest absolute Gasteiger partial charge is 0.255 e. The Morgan fingerprint density at radius 1 is 1.27 bits per heavy atom. The minimum Gasteiger partial charge on any atom is -0.466 e. The summed E-state index contributed by atoms with van der Waals surface area (Å²) in [5.74, 6) is 1.72. The maximum Gasteiger partial charge on any atom is 0.255 e. The molecule has 0 fully saturated rings. The Kier molecular flexibility index (Phi) is 3.74. The molecule has 3 aromatic rings. The van der Waals surface area contributed by atoms with E-state index in [1.807, 2.05) is 6.92 Å². The van der Waals surface area contributed by atoms with E-state index in [-0.39, 0.29) is 12.5 Å². The molecule has 3 aromatic heterocycles. The lowest BCUT2D eigenvalue weighted by atomic mass is 10.2. The summed E-state index contributed by atoms with van der Waals surface area (Å²) in [6.07, 6.45) is 4.75. The molecule has 0 aromatic carbocycles. The quantitative estimate of drug-likeness (QED) is 0.800. The van der Waals surface area contributed by atoms with Crippen LogP contribution < -0.4 is 5.32 Å². The second kappa shape index (κ2) is 5.85. The van der Waals surface area contributed by atoms with Crippen molar-refractivity contribution in [2.45, 2.75) is 20.4 Å². The van der Waals surface area contributed by atoms with Crippen LogP contribution in [0.1, 0.15) is 27.6 Å². The van der Waals surface area contributed by atoms with Gasteiger partial charge in [-0.25, -0.2) is 4.98 Å². The maximum atomic E-state index is 12.2. The van der Waals surface area contributed by atoms with Crippen LogP contribution in [0.2, 0.25) is 0 Å². The third-order valence-electron chi connectivity index (χ3n) is 3.23. The van der Waals surface area contributed by atoms with Gasteiger partial charge in [-0.05, 0) is 32.0 Å². The molecule has 3 rings (SSSR count). The zero-order chi connectivity index (χ0) is 15.5. The van der Waals surface area contributed by atoms with Gasteiger partial charge in [-0.1, -0.05) is 0 Å². The third-order valence-corrected chi connectivity index (χ3v) is 3.23. The van der Waals surface area contributed by atoms with Gasteiger partial charge in [0, 0.05) is 12.4 Å². The molecule has 0 saturated carbocycles. The number of carbonyl (C=O) groups is 1. The van der Waals surface area contributed by atoms with E-state index in [0.717, 1.165) is 0 Å². The van der Waals surface area contributed by atoms with Crippen LogP contribution >= 0.6 is 0 Å². The van der Waals surface area contributed by atoms with E-state index in [2.05, 4.69) is 15.3 Å². The molecular formula is C16H15N3O3. The van der Waals surface area contributed by atoms with E-state index in [1.165, 1.54) is 0 Å². The van der Waals surface area contributed by atoms with Crippen molar-refractivity contribution >= 4 is 5.91 Å². The zero-order valence-electron chi connectivity index (χ0n) is 12.3. The van der Waals surface area contributed by atoms with Crippen molar-refractivity contribution in [2.75, 3.05) is 0 Å². The van der Waals surface area contributed by atoms with Gasteiger partial charge in [-0.3, -0.25) is 9.78 Å². The summed E-state index contributed by atoms with van der Waals surface area (Å²) in [6.45, 7) is 3.83. The Bertz CT molecular complexity index is 791. The fraction of sp³-hybridized carbons (Fsp3) is 0.188. The number of nitrogens with one attached hydrogen (secondary N) is 1. The first-order valence-corrected chi connectivity index (χ1v) is 6.84. The number of furan rings is 2. The number of amides is 1. The minimum absolute atomic E-state index is 0.203. The van der Waals surface area contributed by atoms with Crippen molar-refractivity contribution in [3.8, 4) is 11.5 Å². The van der Waals surface area contributed by atoms with Crippen molar-refractivity contribution < 1.29 is 13.6 Å². The average Bonchev–Trinajstić information content (AvgIpc) is 3.15. The second-order valence-corrected chi connectivity index (χ2v) is 4.84. The lowest BCUT2D eigenvalue weighted by Gasteiger charge is -2.07. The highest BCUT2D eigenvalue weighted by Crippen LogP contribution is 2.20. The number of hydrogen-bond acceptors (Lipinski definition) is 5. The van der Waals surface area contributed by atoms with Crippen LogP contribution in [-0.4, -0.2) is 15.9 Å². The van der Waals surface area contributed by atoms with Gasteiger partial charge in [0.05, 0.1) is 24.1 Å². The molecule has 0 atom stereocenters. The average molecular weight is 297 g/mol. The summed E-state index contributed by atoms with van der Waals surface area (Å²) >= 11 is 0. The van der Waals surface area contributed by atoms with Gasteiger partial charge in [0.25, 0.3) is 5.91 Å². The third kappa shape index (κ3) is 2.76. The molecule has 0 aliphatic heterocycles. The lowest BCUT2D eigenvalue weighted by molar-refractivity contribution is 0.0949. The Balaban J connectivity index is 1.77. The fourth-order valence-corrected chi connectivity index (χ4v) is 2.23. The predicted molar refractivity (Wildman–Crippen MR) is 79.1 cm³/mol. The Morgan fingerprint density at radius 2 is 2.09 bits per heavy atom. The SMILES string of the molecule is Cc1cc(C(=O)NCc2nccnc2-c2ccco2)c(C)o1. The number of aromatic nitrogens is 2. The second-order valence-electron chi connectivity index (χ2n) is 4.84. The molecule has 0 radical (unpaired) electrons. The van der Waals surface area contributed by atoms with Crippen molar-refractivity contribution in [2.24, 2.45) is 0 Å². The summed E-state index contributed by atoms with van der Waals surface area (Å²) in [7, 11) is 0. The zero-order valence-corrected chi connectivity index (χ0v) is 12.3. The van der Waals surface area contributed by atoms with E-state index in [1.54, 1.807) is 43.8 Å². The van der Waals surface area contributed by atoms with E-state index < -0.39 is 0 Å². The van der Waals surface area contributed by atoms with Crippen LogP contribution in [0.4, 0.5) is 0 Å². The highest BCUT2D eigenvalue weighted by Gasteiger charge is 2.15. The number of nitrogens with zero attached hydrogens (tertiary/aromatic N) is 2. The standard InChI is InChI=1S/C16H15N3O3/c1-10-8-12(11(2)22-10)16(20)19-9-13-15(18-6-5-17-13)14-4-3-7-21-14/h3-8H,9H2,1-2H3,(H,19,20). The van der Waals surface area contributed by atoms with Crippen molar-refractivity contribution in [3.63, 3.8) is 0 Å². The molecule has 112 valence electrons. The number of hydrogen-bond donors (Lipinski definition) is 1. The Labute approximate surface area is 127 Å². The van der Waals surface area contributed by atoms with Crippen molar-refractivity contribution in [1.82, 2.24) is 15.3 Å². The van der Waals surface area contributed by atoms with Crippen molar-refractivity contribution in [3.05, 3.63) is 59.6 Å². The highest BCUT2D eigenvalue weighted by atomic mass is 16.3. The first-order chi connectivity index (χ1) is 10.6. The molecule has 3 heterocycles. The fourth-order valence-electron chi connectivity index (χ4n) is 2.23. The van der Waals surface area contributed by atoms with Crippen molar-refractivity contribution in [1.29, 1.82) is 0 Å². The van der Waals surface area contributed by atoms with Gasteiger partial charge < -0.3 is 14.2 Å². The molecule has 1 amide bonds. The Hall–Kier alpha value is -2.89. The van der Waals surface area contributed by atoms with E-state index in [9.17, 15) is 4.79 Å². The van der Waals surface area contributed by atoms with E-state index >= 15 is 0 Å².